The number of benzene rings is 1. The number of hydrogen-bond donors (Lipinski definition) is 2. The number of aliphatic hydroxyl groups excluding tert-OH is 1. The SMILES string of the molecule is CC(C)CNCc1ccc(N(C)C(C)CO)c(C#N)c1. The van der Waals surface area contributed by atoms with E-state index in [4.69, 9.17) is 0 Å². The van der Waals surface area contributed by atoms with Gasteiger partial charge in [-0.1, -0.05) is 19.9 Å². The van der Waals surface area contributed by atoms with E-state index in [1.54, 1.807) is 0 Å². The van der Waals surface area contributed by atoms with Crippen molar-refractivity contribution in [2.75, 3.05) is 25.1 Å². The third kappa shape index (κ3) is 4.52. The Kier molecular flexibility index (Phi) is 6.50. The van der Waals surface area contributed by atoms with Crippen LogP contribution in [0.5, 0.6) is 0 Å². The van der Waals surface area contributed by atoms with Gasteiger partial charge in [-0.25, -0.2) is 0 Å². The van der Waals surface area contributed by atoms with E-state index < -0.39 is 0 Å². The molecule has 20 heavy (non-hydrogen) atoms. The highest BCUT2D eigenvalue weighted by molar-refractivity contribution is 5.60. The Morgan fingerprint density at radius 3 is 2.60 bits per heavy atom. The quantitative estimate of drug-likeness (QED) is 0.800. The molecule has 1 atom stereocenters. The summed E-state index contributed by atoms with van der Waals surface area (Å²) in [7, 11) is 1.90. The predicted molar refractivity (Wildman–Crippen MR) is 82.7 cm³/mol. The van der Waals surface area contributed by atoms with Crippen LogP contribution < -0.4 is 10.2 Å². The molecule has 1 unspecified atom stereocenters. The Morgan fingerprint density at radius 1 is 1.35 bits per heavy atom. The van der Waals surface area contributed by atoms with Gasteiger partial charge in [-0.05, 0) is 37.1 Å². The van der Waals surface area contributed by atoms with Crippen LogP contribution in [-0.2, 0) is 6.54 Å². The summed E-state index contributed by atoms with van der Waals surface area (Å²) in [6.07, 6.45) is 0. The van der Waals surface area contributed by atoms with Crippen LogP contribution in [0, 0.1) is 17.2 Å². The van der Waals surface area contributed by atoms with Crippen molar-refractivity contribution in [1.29, 1.82) is 5.26 Å². The first-order valence-electron chi connectivity index (χ1n) is 7.07. The number of likely N-dealkylation sites (N-methyl/N-ethyl adjacent to an activating group) is 1. The third-order valence-corrected chi connectivity index (χ3v) is 3.37. The number of rotatable bonds is 7. The second-order valence-electron chi connectivity index (χ2n) is 5.63. The topological polar surface area (TPSA) is 59.3 Å². The molecule has 0 saturated heterocycles. The molecule has 0 fully saturated rings. The summed E-state index contributed by atoms with van der Waals surface area (Å²) in [6, 6.07) is 8.14. The first-order valence-corrected chi connectivity index (χ1v) is 7.07. The summed E-state index contributed by atoms with van der Waals surface area (Å²) in [5.74, 6) is 0.612. The van der Waals surface area contributed by atoms with Gasteiger partial charge in [0.15, 0.2) is 0 Å². The van der Waals surface area contributed by atoms with Crippen molar-refractivity contribution in [3.05, 3.63) is 29.3 Å². The van der Waals surface area contributed by atoms with E-state index in [2.05, 4.69) is 25.2 Å². The van der Waals surface area contributed by atoms with Crippen LogP contribution >= 0.6 is 0 Å². The molecule has 1 aromatic rings. The van der Waals surface area contributed by atoms with Gasteiger partial charge in [0.1, 0.15) is 6.07 Å². The molecule has 0 aromatic heterocycles. The lowest BCUT2D eigenvalue weighted by molar-refractivity contribution is 0.270. The molecule has 1 rings (SSSR count). The van der Waals surface area contributed by atoms with E-state index in [-0.39, 0.29) is 12.6 Å². The van der Waals surface area contributed by atoms with E-state index >= 15 is 0 Å². The second kappa shape index (κ2) is 7.88. The van der Waals surface area contributed by atoms with Gasteiger partial charge >= 0.3 is 0 Å². The van der Waals surface area contributed by atoms with Crippen molar-refractivity contribution in [2.24, 2.45) is 5.92 Å². The molecule has 0 heterocycles. The van der Waals surface area contributed by atoms with Gasteiger partial charge in [0.2, 0.25) is 0 Å². The summed E-state index contributed by atoms with van der Waals surface area (Å²) in [6.45, 7) is 8.07. The zero-order valence-electron chi connectivity index (χ0n) is 12.8. The number of anilines is 1. The van der Waals surface area contributed by atoms with E-state index in [1.807, 2.05) is 37.1 Å². The monoisotopic (exact) mass is 275 g/mol. The van der Waals surface area contributed by atoms with E-state index in [1.165, 1.54) is 0 Å². The molecule has 0 radical (unpaired) electrons. The predicted octanol–water partition coefficient (Wildman–Crippen LogP) is 2.12. The smallest absolute Gasteiger partial charge is 0.101 e. The van der Waals surface area contributed by atoms with Gasteiger partial charge < -0.3 is 15.3 Å². The maximum Gasteiger partial charge on any atom is 0.101 e. The van der Waals surface area contributed by atoms with Crippen molar-refractivity contribution in [1.82, 2.24) is 5.32 Å². The van der Waals surface area contributed by atoms with Crippen LogP contribution in [0.1, 0.15) is 31.9 Å². The standard InChI is InChI=1S/C16H25N3O/c1-12(2)9-18-10-14-5-6-16(15(7-14)8-17)19(4)13(3)11-20/h5-7,12-13,18,20H,9-11H2,1-4H3. The van der Waals surface area contributed by atoms with Crippen molar-refractivity contribution in [2.45, 2.75) is 33.4 Å². The number of nitrogens with zero attached hydrogens (tertiary/aromatic N) is 2. The van der Waals surface area contributed by atoms with Gasteiger partial charge in [-0.15, -0.1) is 0 Å². The molecular formula is C16H25N3O. The largest absolute Gasteiger partial charge is 0.394 e. The minimum Gasteiger partial charge on any atom is -0.394 e. The zero-order valence-corrected chi connectivity index (χ0v) is 12.8. The number of nitriles is 1. The van der Waals surface area contributed by atoms with Crippen molar-refractivity contribution >= 4 is 5.69 Å². The summed E-state index contributed by atoms with van der Waals surface area (Å²) in [4.78, 5) is 1.93. The highest BCUT2D eigenvalue weighted by atomic mass is 16.3. The van der Waals surface area contributed by atoms with Crippen LogP contribution in [0.4, 0.5) is 5.69 Å². The fraction of sp³-hybridized carbons (Fsp3) is 0.562. The van der Waals surface area contributed by atoms with Gasteiger partial charge in [-0.2, -0.15) is 5.26 Å². The van der Waals surface area contributed by atoms with Gasteiger partial charge in [0.05, 0.1) is 17.9 Å². The van der Waals surface area contributed by atoms with E-state index in [9.17, 15) is 10.4 Å². The van der Waals surface area contributed by atoms with Crippen LogP contribution in [0.3, 0.4) is 0 Å². The highest BCUT2D eigenvalue weighted by Crippen LogP contribution is 2.22. The van der Waals surface area contributed by atoms with Crippen LogP contribution in [-0.4, -0.2) is 31.3 Å². The lowest BCUT2D eigenvalue weighted by Gasteiger charge is -2.26. The fourth-order valence-corrected chi connectivity index (χ4v) is 1.96. The summed E-state index contributed by atoms with van der Waals surface area (Å²) in [5.41, 5.74) is 2.62. The molecule has 0 saturated carbocycles. The molecule has 1 aromatic carbocycles. The van der Waals surface area contributed by atoms with Crippen LogP contribution in [0.2, 0.25) is 0 Å². The average Bonchev–Trinajstić information content (AvgIpc) is 2.45. The summed E-state index contributed by atoms with van der Waals surface area (Å²) >= 11 is 0. The molecule has 4 nitrogen and oxygen atoms in total. The normalized spacial score (nSPS) is 12.2. The van der Waals surface area contributed by atoms with Crippen LogP contribution in [0.25, 0.3) is 0 Å². The zero-order chi connectivity index (χ0) is 15.1. The maximum atomic E-state index is 9.30. The number of nitrogens with one attached hydrogen (secondary N) is 1. The molecule has 0 spiro atoms. The molecule has 4 heteroatoms. The number of aliphatic hydroxyl groups is 1. The van der Waals surface area contributed by atoms with Crippen molar-refractivity contribution < 1.29 is 5.11 Å². The Bertz CT molecular complexity index is 465. The van der Waals surface area contributed by atoms with E-state index in [0.717, 1.165) is 24.3 Å². The second-order valence-corrected chi connectivity index (χ2v) is 5.63. The first kappa shape index (κ1) is 16.5. The minimum absolute atomic E-state index is 0.00739. The highest BCUT2D eigenvalue weighted by Gasteiger charge is 2.13. The molecule has 0 aliphatic carbocycles. The van der Waals surface area contributed by atoms with E-state index in [0.29, 0.717) is 11.5 Å². The summed E-state index contributed by atoms with van der Waals surface area (Å²) < 4.78 is 0. The Balaban J connectivity index is 2.83. The Hall–Kier alpha value is -1.57. The Labute approximate surface area is 122 Å². The molecule has 0 aliphatic heterocycles. The van der Waals surface area contributed by atoms with Crippen LogP contribution in [0.15, 0.2) is 18.2 Å². The van der Waals surface area contributed by atoms with Gasteiger partial charge in [0.25, 0.3) is 0 Å². The lowest BCUT2D eigenvalue weighted by Crippen LogP contribution is -2.32. The van der Waals surface area contributed by atoms with Crippen molar-refractivity contribution in [3.8, 4) is 6.07 Å². The molecule has 0 bridgehead atoms. The average molecular weight is 275 g/mol. The number of hydrogen-bond acceptors (Lipinski definition) is 4. The third-order valence-electron chi connectivity index (χ3n) is 3.37. The Morgan fingerprint density at radius 2 is 2.05 bits per heavy atom. The maximum absolute atomic E-state index is 9.30. The minimum atomic E-state index is -0.00739. The fourth-order valence-electron chi connectivity index (χ4n) is 1.96. The summed E-state index contributed by atoms with van der Waals surface area (Å²) in [5, 5.41) is 21.9. The molecule has 0 amide bonds. The van der Waals surface area contributed by atoms with Gasteiger partial charge in [-0.3, -0.25) is 0 Å². The molecular weight excluding hydrogens is 250 g/mol. The first-order chi connectivity index (χ1) is 9.49. The molecule has 2 N–H and O–H groups in total. The molecule has 0 aliphatic rings. The van der Waals surface area contributed by atoms with Crippen molar-refractivity contribution in [3.63, 3.8) is 0 Å². The van der Waals surface area contributed by atoms with Gasteiger partial charge in [0, 0.05) is 19.6 Å². The lowest BCUT2D eigenvalue weighted by atomic mass is 10.1. The molecule has 110 valence electrons.